The van der Waals surface area contributed by atoms with Gasteiger partial charge in [0, 0.05) is 0 Å². The summed E-state index contributed by atoms with van der Waals surface area (Å²) < 4.78 is 133. The Morgan fingerprint density at radius 3 is 2.03 bits per heavy atom. The highest BCUT2D eigenvalue weighted by Gasteiger charge is 2.26. The van der Waals surface area contributed by atoms with Gasteiger partial charge in [-0.25, -0.2) is 36.3 Å². The van der Waals surface area contributed by atoms with E-state index in [1.54, 1.807) is 0 Å². The number of carboxylic acid groups (broad SMARTS) is 1. The zero-order valence-electron chi connectivity index (χ0n) is 28.6. The van der Waals surface area contributed by atoms with E-state index in [-0.39, 0.29) is 40.3 Å². The Morgan fingerprint density at radius 1 is 0.763 bits per heavy atom. The number of nitrogens with two attached hydrogens (primary N) is 1. The first-order chi connectivity index (χ1) is 27.6. The lowest BCUT2D eigenvalue weighted by Gasteiger charge is -2.14. The van der Waals surface area contributed by atoms with Gasteiger partial charge in [0.05, 0.1) is 73.8 Å². The number of azo groups is 2. The molecule has 0 radical (unpaired) electrons. The maximum atomic E-state index is 12.8. The summed E-state index contributed by atoms with van der Waals surface area (Å²) in [6.07, 6.45) is 0. The molecule has 0 saturated carbocycles. The van der Waals surface area contributed by atoms with Gasteiger partial charge in [-0.3, -0.25) is 13.3 Å². The minimum Gasteiger partial charge on any atom is -0.505 e. The van der Waals surface area contributed by atoms with Crippen molar-refractivity contribution in [1.82, 2.24) is 0 Å². The van der Waals surface area contributed by atoms with Crippen LogP contribution >= 0.6 is 24.4 Å². The van der Waals surface area contributed by atoms with E-state index in [1.807, 2.05) is 0 Å². The van der Waals surface area contributed by atoms with E-state index in [0.717, 1.165) is 42.5 Å². The smallest absolute Gasteiger partial charge is 0.397 e. The summed E-state index contributed by atoms with van der Waals surface area (Å²) in [5.74, 6) is -4.18. The Hall–Kier alpha value is -4.49. The van der Waals surface area contributed by atoms with Crippen molar-refractivity contribution in [3.63, 3.8) is 0 Å². The van der Waals surface area contributed by atoms with Gasteiger partial charge in [0.1, 0.15) is 22.0 Å². The number of carboxylic acids is 1. The molecule has 0 heterocycles. The van der Waals surface area contributed by atoms with E-state index in [4.69, 9.17) is 25.0 Å². The van der Waals surface area contributed by atoms with Crippen molar-refractivity contribution >= 4 is 110 Å². The zero-order chi connectivity index (χ0) is 43.8. The Labute approximate surface area is 340 Å². The average molecular weight is 948 g/mol. The quantitative estimate of drug-likeness (QED) is 0.0113. The Balaban J connectivity index is 1.82. The third kappa shape index (κ3) is 12.5. The van der Waals surface area contributed by atoms with E-state index in [0.29, 0.717) is 0 Å². The molecule has 0 spiro atoms. The maximum Gasteiger partial charge on any atom is 0.397 e. The average Bonchev–Trinajstić information content (AvgIpc) is 3.15. The number of hydrogen-bond donors (Lipinski definition) is 7. The molecule has 0 bridgehead atoms. The first-order valence-electron chi connectivity index (χ1n) is 15.0. The number of carbonyl (C=O) groups is 1. The number of sulfone groups is 2. The standard InChI is InChI=1S/C27H25N5O21S6/c28-23-22-14(11-21(58(42,43)44)25(23)32-29-15-2-1-3-16(12-15)57(40,41)9-7-49-59(45,46)47)10-20(54-52-50-36)24(26(22)33)31-30-19-5-4-17(13-18(19)27(34)35)56(38,39)8-6-48-55-53-51-37/h1-5,10-13,33,36-37H,6-9,28H2,(H,34,35)(H,42,43,44)(H,45,46,47). The highest BCUT2D eigenvalue weighted by molar-refractivity contribution is 7.94. The van der Waals surface area contributed by atoms with Crippen LogP contribution in [0.1, 0.15) is 10.4 Å². The molecule has 0 unspecified atom stereocenters. The van der Waals surface area contributed by atoms with Crippen molar-refractivity contribution in [1.29, 1.82) is 0 Å². The van der Waals surface area contributed by atoms with Crippen LogP contribution in [0, 0.1) is 0 Å². The van der Waals surface area contributed by atoms with Crippen LogP contribution in [0.3, 0.4) is 0 Å². The predicted molar refractivity (Wildman–Crippen MR) is 199 cm³/mol. The highest BCUT2D eigenvalue weighted by Crippen LogP contribution is 2.49. The van der Waals surface area contributed by atoms with Crippen molar-refractivity contribution in [3.05, 3.63) is 60.2 Å². The lowest BCUT2D eigenvalue weighted by Crippen LogP contribution is -2.15. The molecule has 26 nitrogen and oxygen atoms in total. The van der Waals surface area contributed by atoms with Gasteiger partial charge in [0.25, 0.3) is 10.1 Å². The van der Waals surface area contributed by atoms with Crippen molar-refractivity contribution < 1.29 is 95.4 Å². The molecule has 59 heavy (non-hydrogen) atoms. The first-order valence-corrected chi connectivity index (χ1v) is 22.5. The molecule has 0 amide bonds. The van der Waals surface area contributed by atoms with Crippen molar-refractivity contribution in [2.45, 2.75) is 19.6 Å². The second-order valence-corrected chi connectivity index (χ2v) is 18.8. The Morgan fingerprint density at radius 2 is 1.41 bits per heavy atom. The number of hydrogen-bond acceptors (Lipinski definition) is 25. The van der Waals surface area contributed by atoms with Gasteiger partial charge in [-0.1, -0.05) is 16.1 Å². The van der Waals surface area contributed by atoms with Gasteiger partial charge in [0.2, 0.25) is 0 Å². The van der Waals surface area contributed by atoms with Gasteiger partial charge in [0.15, 0.2) is 37.7 Å². The molecule has 320 valence electrons. The Bertz CT molecular complexity index is 2750. The van der Waals surface area contributed by atoms with E-state index >= 15 is 0 Å². The second-order valence-electron chi connectivity index (χ2n) is 10.8. The largest absolute Gasteiger partial charge is 0.505 e. The summed E-state index contributed by atoms with van der Waals surface area (Å²) in [6, 6.07) is 8.92. The van der Waals surface area contributed by atoms with E-state index in [9.17, 15) is 53.2 Å². The van der Waals surface area contributed by atoms with Gasteiger partial charge in [-0.05, 0) is 53.9 Å². The van der Waals surface area contributed by atoms with E-state index in [2.05, 4.69) is 43.4 Å². The molecule has 0 aliphatic rings. The third-order valence-electron chi connectivity index (χ3n) is 7.13. The van der Waals surface area contributed by atoms with Gasteiger partial charge in [-0.15, -0.1) is 24.0 Å². The van der Waals surface area contributed by atoms with Crippen molar-refractivity contribution in [3.8, 4) is 5.75 Å². The molecule has 0 saturated heterocycles. The lowest BCUT2D eigenvalue weighted by molar-refractivity contribution is -0.434. The number of nitrogen functional groups attached to an aromatic ring is 1. The summed E-state index contributed by atoms with van der Waals surface area (Å²) in [5, 5.41) is 59.6. The number of aromatic hydroxyl groups is 1. The van der Waals surface area contributed by atoms with Gasteiger partial charge >= 0.3 is 16.4 Å². The number of benzene rings is 4. The topological polar surface area (TPSA) is 406 Å². The molecular weight excluding hydrogens is 923 g/mol. The molecule has 4 aromatic carbocycles. The number of fused-ring (bicyclic) bond motifs is 1. The maximum absolute atomic E-state index is 12.8. The third-order valence-corrected chi connectivity index (χ3v) is 12.8. The summed E-state index contributed by atoms with van der Waals surface area (Å²) in [7, 11) is -18.6. The molecule has 0 atom stereocenters. The molecule has 0 aromatic heterocycles. The van der Waals surface area contributed by atoms with Crippen LogP contribution < -0.4 is 5.73 Å². The summed E-state index contributed by atoms with van der Waals surface area (Å²) in [5.41, 5.74) is 2.76. The molecule has 0 fully saturated rings. The predicted octanol–water partition coefficient (Wildman–Crippen LogP) is 4.70. The van der Waals surface area contributed by atoms with Crippen LogP contribution in [0.4, 0.5) is 28.4 Å². The van der Waals surface area contributed by atoms with Crippen LogP contribution in [0.25, 0.3) is 10.8 Å². The molecule has 8 N–H and O–H groups in total. The van der Waals surface area contributed by atoms with Crippen molar-refractivity contribution in [2.24, 2.45) is 20.5 Å². The lowest BCUT2D eigenvalue weighted by atomic mass is 10.1. The number of phenolic OH excluding ortho intramolecular Hbond substituents is 1. The molecular formula is C27H25N5O21S6. The number of rotatable bonds is 21. The Kier molecular flexibility index (Phi) is 15.8. The number of anilines is 1. The monoisotopic (exact) mass is 947 g/mol. The molecule has 32 heteroatoms. The van der Waals surface area contributed by atoms with Gasteiger partial charge in [-0.2, -0.15) is 21.9 Å². The van der Waals surface area contributed by atoms with Crippen molar-refractivity contribution in [2.75, 3.05) is 30.5 Å². The van der Waals surface area contributed by atoms with E-state index in [1.165, 1.54) is 12.1 Å². The van der Waals surface area contributed by atoms with Crippen LogP contribution in [0.5, 0.6) is 5.75 Å². The zero-order valence-corrected chi connectivity index (χ0v) is 33.5. The number of phenols is 1. The highest BCUT2D eigenvalue weighted by atomic mass is 32.3. The molecule has 4 aromatic rings. The first kappa shape index (κ1) is 47.2. The minimum atomic E-state index is -5.21. The molecule has 0 aliphatic heterocycles. The molecule has 0 aliphatic carbocycles. The fourth-order valence-corrected chi connectivity index (χ4v) is 8.76. The second kappa shape index (κ2) is 19.7. The van der Waals surface area contributed by atoms with Crippen LogP contribution in [-0.4, -0.2) is 94.2 Å². The summed E-state index contributed by atoms with van der Waals surface area (Å²) in [6.45, 7) is -1.44. The summed E-state index contributed by atoms with van der Waals surface area (Å²) >= 11 is 0.273. The SMILES string of the molecule is Nc1c(N=Nc2cccc(S(=O)(=O)CCOS(=O)(=O)O)c2)c(S(=O)(=O)O)cc2cc(SOOO)c(N=Nc3ccc(S(=O)(=O)CCOSOOO)cc3C(=O)O)c(O)c12. The molecule has 4 rings (SSSR count). The minimum absolute atomic E-state index is 0.113. The van der Waals surface area contributed by atoms with Crippen LogP contribution in [-0.2, 0) is 67.3 Å². The fourth-order valence-electron chi connectivity index (χ4n) is 4.64. The number of aromatic carboxylic acids is 1. The van der Waals surface area contributed by atoms with E-state index < -0.39 is 125 Å². The summed E-state index contributed by atoms with van der Waals surface area (Å²) in [4.78, 5) is 9.91. The number of nitrogens with zero attached hydrogens (tertiary/aromatic N) is 4. The normalized spacial score (nSPS) is 12.9. The fraction of sp³-hybridized carbons (Fsp3) is 0.148. The van der Waals surface area contributed by atoms with Crippen LogP contribution in [0.15, 0.2) is 94.6 Å². The van der Waals surface area contributed by atoms with Crippen LogP contribution in [0.2, 0.25) is 0 Å². The van der Waals surface area contributed by atoms with Gasteiger partial charge < -0.3 is 15.9 Å².